The standard InChI is InChI=1S/C12H12FN3/c1-8-6-15-12(16-7-8)11(14)9-3-2-4-10(13)5-9/h2-7,11H,14H2,1H3. The lowest BCUT2D eigenvalue weighted by Gasteiger charge is -2.10. The molecule has 82 valence electrons. The van der Waals surface area contributed by atoms with Crippen molar-refractivity contribution in [2.24, 2.45) is 5.73 Å². The highest BCUT2D eigenvalue weighted by molar-refractivity contribution is 5.25. The molecule has 1 aromatic heterocycles. The molecule has 0 spiro atoms. The second kappa shape index (κ2) is 4.37. The fourth-order valence-electron chi connectivity index (χ4n) is 1.41. The summed E-state index contributed by atoms with van der Waals surface area (Å²) in [7, 11) is 0. The maximum absolute atomic E-state index is 13.0. The molecule has 0 radical (unpaired) electrons. The summed E-state index contributed by atoms with van der Waals surface area (Å²) >= 11 is 0. The largest absolute Gasteiger partial charge is 0.318 e. The van der Waals surface area contributed by atoms with Gasteiger partial charge in [-0.15, -0.1) is 0 Å². The van der Waals surface area contributed by atoms with Gasteiger partial charge in [0.05, 0.1) is 6.04 Å². The monoisotopic (exact) mass is 217 g/mol. The molecule has 4 heteroatoms. The van der Waals surface area contributed by atoms with E-state index in [4.69, 9.17) is 5.73 Å². The van der Waals surface area contributed by atoms with E-state index in [0.717, 1.165) is 5.56 Å². The van der Waals surface area contributed by atoms with E-state index in [9.17, 15) is 4.39 Å². The molecule has 2 aromatic rings. The van der Waals surface area contributed by atoms with Crippen LogP contribution in [0.4, 0.5) is 4.39 Å². The minimum atomic E-state index is -0.490. The molecular formula is C12H12FN3. The van der Waals surface area contributed by atoms with Crippen LogP contribution >= 0.6 is 0 Å². The zero-order valence-corrected chi connectivity index (χ0v) is 8.89. The highest BCUT2D eigenvalue weighted by Gasteiger charge is 2.11. The van der Waals surface area contributed by atoms with Crippen LogP contribution in [0.25, 0.3) is 0 Å². The Kier molecular flexibility index (Phi) is 2.92. The zero-order chi connectivity index (χ0) is 11.5. The van der Waals surface area contributed by atoms with E-state index in [2.05, 4.69) is 9.97 Å². The number of hydrogen-bond donors (Lipinski definition) is 1. The lowest BCUT2D eigenvalue weighted by Crippen LogP contribution is -2.15. The van der Waals surface area contributed by atoms with Crippen molar-refractivity contribution in [1.82, 2.24) is 9.97 Å². The van der Waals surface area contributed by atoms with E-state index < -0.39 is 6.04 Å². The van der Waals surface area contributed by atoms with Crippen molar-refractivity contribution < 1.29 is 4.39 Å². The molecule has 0 bridgehead atoms. The van der Waals surface area contributed by atoms with Gasteiger partial charge in [-0.25, -0.2) is 14.4 Å². The van der Waals surface area contributed by atoms with E-state index in [0.29, 0.717) is 11.4 Å². The van der Waals surface area contributed by atoms with Crippen LogP contribution in [0.1, 0.15) is 23.0 Å². The molecule has 0 fully saturated rings. The van der Waals surface area contributed by atoms with Crippen LogP contribution in [0.2, 0.25) is 0 Å². The van der Waals surface area contributed by atoms with Gasteiger partial charge >= 0.3 is 0 Å². The van der Waals surface area contributed by atoms with Crippen LogP contribution in [-0.2, 0) is 0 Å². The molecule has 2 N–H and O–H groups in total. The number of halogens is 1. The van der Waals surface area contributed by atoms with Crippen LogP contribution in [0.5, 0.6) is 0 Å². The molecular weight excluding hydrogens is 205 g/mol. The summed E-state index contributed by atoms with van der Waals surface area (Å²) in [5.74, 6) is 0.191. The highest BCUT2D eigenvalue weighted by Crippen LogP contribution is 2.16. The Morgan fingerprint density at radius 2 is 1.94 bits per heavy atom. The quantitative estimate of drug-likeness (QED) is 0.836. The third-order valence-corrected chi connectivity index (χ3v) is 2.29. The van der Waals surface area contributed by atoms with Crippen LogP contribution < -0.4 is 5.73 Å². The molecule has 0 aliphatic rings. The van der Waals surface area contributed by atoms with Gasteiger partial charge in [0.15, 0.2) is 0 Å². The van der Waals surface area contributed by atoms with Crippen molar-refractivity contribution in [2.45, 2.75) is 13.0 Å². The van der Waals surface area contributed by atoms with Crippen molar-refractivity contribution in [2.75, 3.05) is 0 Å². The van der Waals surface area contributed by atoms with Gasteiger partial charge in [-0.3, -0.25) is 0 Å². The summed E-state index contributed by atoms with van der Waals surface area (Å²) in [6.07, 6.45) is 3.39. The summed E-state index contributed by atoms with van der Waals surface area (Å²) in [5.41, 5.74) is 7.58. The van der Waals surface area contributed by atoms with Gasteiger partial charge in [-0.2, -0.15) is 0 Å². The third-order valence-electron chi connectivity index (χ3n) is 2.29. The Labute approximate surface area is 93.2 Å². The van der Waals surface area contributed by atoms with Gasteiger partial charge in [-0.05, 0) is 30.2 Å². The number of nitrogens with zero attached hydrogens (tertiary/aromatic N) is 2. The molecule has 0 amide bonds. The van der Waals surface area contributed by atoms with Gasteiger partial charge in [0.1, 0.15) is 11.6 Å². The first-order chi connectivity index (χ1) is 7.66. The number of hydrogen-bond acceptors (Lipinski definition) is 3. The predicted molar refractivity (Wildman–Crippen MR) is 59.2 cm³/mol. The van der Waals surface area contributed by atoms with Crippen molar-refractivity contribution in [3.05, 3.63) is 59.4 Å². The molecule has 1 aromatic carbocycles. The Morgan fingerprint density at radius 3 is 2.56 bits per heavy atom. The Balaban J connectivity index is 2.31. The Hall–Kier alpha value is -1.81. The first-order valence-electron chi connectivity index (χ1n) is 4.96. The summed E-state index contributed by atoms with van der Waals surface area (Å²) in [6.45, 7) is 1.90. The van der Waals surface area contributed by atoms with Gasteiger partial charge in [0.25, 0.3) is 0 Å². The molecule has 3 nitrogen and oxygen atoms in total. The number of nitrogens with two attached hydrogens (primary N) is 1. The lowest BCUT2D eigenvalue weighted by molar-refractivity contribution is 0.622. The summed E-state index contributed by atoms with van der Waals surface area (Å²) < 4.78 is 13.0. The van der Waals surface area contributed by atoms with Crippen molar-refractivity contribution in [3.63, 3.8) is 0 Å². The molecule has 0 aliphatic heterocycles. The number of aryl methyl sites for hydroxylation is 1. The number of benzene rings is 1. The average Bonchev–Trinajstić information content (AvgIpc) is 2.29. The number of aromatic nitrogens is 2. The van der Waals surface area contributed by atoms with E-state index in [1.165, 1.54) is 12.1 Å². The Morgan fingerprint density at radius 1 is 1.25 bits per heavy atom. The van der Waals surface area contributed by atoms with Gasteiger partial charge < -0.3 is 5.73 Å². The van der Waals surface area contributed by atoms with Crippen LogP contribution in [-0.4, -0.2) is 9.97 Å². The average molecular weight is 217 g/mol. The molecule has 1 atom stereocenters. The second-order valence-electron chi connectivity index (χ2n) is 3.65. The van der Waals surface area contributed by atoms with Gasteiger partial charge in [0, 0.05) is 12.4 Å². The van der Waals surface area contributed by atoms with Crippen LogP contribution in [0.3, 0.4) is 0 Å². The molecule has 16 heavy (non-hydrogen) atoms. The topological polar surface area (TPSA) is 51.8 Å². The van der Waals surface area contributed by atoms with E-state index in [-0.39, 0.29) is 5.82 Å². The summed E-state index contributed by atoms with van der Waals surface area (Å²) in [4.78, 5) is 8.25. The maximum atomic E-state index is 13.0. The number of rotatable bonds is 2. The fourth-order valence-corrected chi connectivity index (χ4v) is 1.41. The lowest BCUT2D eigenvalue weighted by atomic mass is 10.1. The third kappa shape index (κ3) is 2.23. The maximum Gasteiger partial charge on any atom is 0.149 e. The van der Waals surface area contributed by atoms with Crippen molar-refractivity contribution >= 4 is 0 Å². The van der Waals surface area contributed by atoms with Crippen LogP contribution in [0, 0.1) is 12.7 Å². The van der Waals surface area contributed by atoms with Crippen molar-refractivity contribution in [3.8, 4) is 0 Å². The fraction of sp³-hybridized carbons (Fsp3) is 0.167. The molecule has 0 aliphatic carbocycles. The Bertz CT molecular complexity index is 482. The molecule has 1 heterocycles. The molecule has 0 saturated carbocycles. The predicted octanol–water partition coefficient (Wildman–Crippen LogP) is 1.97. The van der Waals surface area contributed by atoms with Gasteiger partial charge in [-0.1, -0.05) is 12.1 Å². The summed E-state index contributed by atoms with van der Waals surface area (Å²) in [6, 6.07) is 5.67. The summed E-state index contributed by atoms with van der Waals surface area (Å²) in [5, 5.41) is 0. The van der Waals surface area contributed by atoms with Crippen molar-refractivity contribution in [1.29, 1.82) is 0 Å². The minimum Gasteiger partial charge on any atom is -0.318 e. The van der Waals surface area contributed by atoms with E-state index in [1.807, 2.05) is 6.92 Å². The minimum absolute atomic E-state index is 0.305. The van der Waals surface area contributed by atoms with E-state index in [1.54, 1.807) is 24.5 Å². The highest BCUT2D eigenvalue weighted by atomic mass is 19.1. The van der Waals surface area contributed by atoms with E-state index >= 15 is 0 Å². The second-order valence-corrected chi connectivity index (χ2v) is 3.65. The first kappa shape index (κ1) is 10.7. The first-order valence-corrected chi connectivity index (χ1v) is 4.96. The zero-order valence-electron chi connectivity index (χ0n) is 8.89. The smallest absolute Gasteiger partial charge is 0.149 e. The molecule has 1 unspecified atom stereocenters. The molecule has 2 rings (SSSR count). The molecule has 0 saturated heterocycles. The SMILES string of the molecule is Cc1cnc(C(N)c2cccc(F)c2)nc1. The van der Waals surface area contributed by atoms with Crippen LogP contribution in [0.15, 0.2) is 36.7 Å². The normalized spacial score (nSPS) is 12.4. The van der Waals surface area contributed by atoms with Gasteiger partial charge in [0.2, 0.25) is 0 Å².